The summed E-state index contributed by atoms with van der Waals surface area (Å²) in [6, 6.07) is 12.8. The standard InChI is InChI=1S/C23H29N3OS.ClH/c1-15-14-20(16(2)13-18(15)11-12-24-6)27-22-25-21(26-28-22)17-7-9-19(10-8-17)23(3,4)5;/h7-10,13-14,24H,11-12H2,1-6H3;1H. The fourth-order valence-electron chi connectivity index (χ4n) is 3.07. The largest absolute Gasteiger partial charge is 0.430 e. The number of hydrogen-bond acceptors (Lipinski definition) is 5. The fraction of sp³-hybridized carbons (Fsp3) is 0.391. The van der Waals surface area contributed by atoms with Gasteiger partial charge in [0.2, 0.25) is 0 Å². The van der Waals surface area contributed by atoms with Gasteiger partial charge in [-0.1, -0.05) is 51.1 Å². The predicted octanol–water partition coefficient (Wildman–Crippen LogP) is 6.10. The molecule has 0 amide bonds. The monoisotopic (exact) mass is 431 g/mol. The highest BCUT2D eigenvalue weighted by Crippen LogP contribution is 2.31. The molecule has 0 radical (unpaired) electrons. The number of ether oxygens (including phenoxy) is 1. The SMILES string of the molecule is CNCCc1cc(C)c(Oc2nc(-c3ccc(C(C)(C)C)cc3)ns2)cc1C.Cl. The maximum atomic E-state index is 6.06. The van der Waals surface area contributed by atoms with E-state index in [9.17, 15) is 0 Å². The topological polar surface area (TPSA) is 47.0 Å². The van der Waals surface area contributed by atoms with Gasteiger partial charge in [0.1, 0.15) is 5.75 Å². The Kier molecular flexibility index (Phi) is 7.80. The van der Waals surface area contributed by atoms with Crippen molar-refractivity contribution in [1.29, 1.82) is 0 Å². The Morgan fingerprint density at radius 3 is 2.34 bits per heavy atom. The van der Waals surface area contributed by atoms with E-state index in [1.165, 1.54) is 28.2 Å². The van der Waals surface area contributed by atoms with E-state index in [0.29, 0.717) is 11.0 Å². The summed E-state index contributed by atoms with van der Waals surface area (Å²) in [6.07, 6.45) is 1.01. The Morgan fingerprint density at radius 1 is 1.03 bits per heavy atom. The molecular formula is C23H30ClN3OS. The molecule has 29 heavy (non-hydrogen) atoms. The summed E-state index contributed by atoms with van der Waals surface area (Å²) in [6.45, 7) is 11.8. The number of rotatable bonds is 6. The third-order valence-corrected chi connectivity index (χ3v) is 5.49. The summed E-state index contributed by atoms with van der Waals surface area (Å²) in [7, 11) is 1.98. The van der Waals surface area contributed by atoms with Crippen LogP contribution in [0.4, 0.5) is 0 Å². The number of benzene rings is 2. The van der Waals surface area contributed by atoms with Gasteiger partial charge in [-0.05, 0) is 67.6 Å². The lowest BCUT2D eigenvalue weighted by Crippen LogP contribution is -2.11. The number of nitrogens with one attached hydrogen (secondary N) is 1. The van der Waals surface area contributed by atoms with Crippen LogP contribution in [-0.2, 0) is 11.8 Å². The van der Waals surface area contributed by atoms with Crippen LogP contribution in [0.5, 0.6) is 10.9 Å². The quantitative estimate of drug-likeness (QED) is 0.512. The van der Waals surface area contributed by atoms with Crippen molar-refractivity contribution in [2.75, 3.05) is 13.6 Å². The Balaban J connectivity index is 0.00000300. The van der Waals surface area contributed by atoms with E-state index in [1.807, 2.05) is 7.05 Å². The van der Waals surface area contributed by atoms with E-state index in [4.69, 9.17) is 4.74 Å². The molecule has 6 heteroatoms. The summed E-state index contributed by atoms with van der Waals surface area (Å²) in [4.78, 5) is 4.59. The number of aromatic nitrogens is 2. The van der Waals surface area contributed by atoms with E-state index in [-0.39, 0.29) is 17.8 Å². The predicted molar refractivity (Wildman–Crippen MR) is 125 cm³/mol. The van der Waals surface area contributed by atoms with E-state index >= 15 is 0 Å². The van der Waals surface area contributed by atoms with Crippen molar-refractivity contribution in [3.8, 4) is 22.3 Å². The molecule has 156 valence electrons. The highest BCUT2D eigenvalue weighted by molar-refractivity contribution is 7.07. The van der Waals surface area contributed by atoms with Crippen molar-refractivity contribution in [1.82, 2.24) is 14.7 Å². The van der Waals surface area contributed by atoms with Gasteiger partial charge in [-0.2, -0.15) is 9.36 Å². The zero-order valence-electron chi connectivity index (χ0n) is 18.0. The zero-order valence-corrected chi connectivity index (χ0v) is 19.6. The molecule has 0 fully saturated rings. The number of aryl methyl sites for hydroxylation is 2. The van der Waals surface area contributed by atoms with E-state index < -0.39 is 0 Å². The summed E-state index contributed by atoms with van der Waals surface area (Å²) in [5, 5.41) is 3.77. The minimum atomic E-state index is 0. The molecular weight excluding hydrogens is 402 g/mol. The van der Waals surface area contributed by atoms with Crippen LogP contribution < -0.4 is 10.1 Å². The molecule has 0 atom stereocenters. The number of halogens is 1. The Hall–Kier alpha value is -1.95. The molecule has 0 saturated carbocycles. The molecule has 0 unspecified atom stereocenters. The number of nitrogens with zero attached hydrogens (tertiary/aromatic N) is 2. The van der Waals surface area contributed by atoms with Crippen LogP contribution in [0.3, 0.4) is 0 Å². The van der Waals surface area contributed by atoms with Crippen LogP contribution in [0.1, 0.15) is 43.0 Å². The lowest BCUT2D eigenvalue weighted by atomic mass is 9.87. The van der Waals surface area contributed by atoms with E-state index in [1.54, 1.807) is 0 Å². The maximum Gasteiger partial charge on any atom is 0.299 e. The second-order valence-electron chi connectivity index (χ2n) is 8.21. The second kappa shape index (κ2) is 9.70. The zero-order chi connectivity index (χ0) is 20.3. The van der Waals surface area contributed by atoms with E-state index in [2.05, 4.69) is 85.7 Å². The summed E-state index contributed by atoms with van der Waals surface area (Å²) in [5.41, 5.74) is 6.14. The van der Waals surface area contributed by atoms with Gasteiger partial charge in [-0.25, -0.2) is 0 Å². The molecule has 0 saturated heterocycles. The molecule has 3 rings (SSSR count). The molecule has 0 bridgehead atoms. The summed E-state index contributed by atoms with van der Waals surface area (Å²) < 4.78 is 10.5. The van der Waals surface area contributed by atoms with Gasteiger partial charge in [-0.15, -0.1) is 12.4 Å². The Bertz CT molecular complexity index is 946. The first kappa shape index (κ1) is 23.3. The van der Waals surface area contributed by atoms with Crippen LogP contribution in [0.15, 0.2) is 36.4 Å². The van der Waals surface area contributed by atoms with Gasteiger partial charge in [0.25, 0.3) is 5.19 Å². The minimum absolute atomic E-state index is 0. The molecule has 1 heterocycles. The van der Waals surface area contributed by atoms with Crippen molar-refractivity contribution in [3.63, 3.8) is 0 Å². The smallest absolute Gasteiger partial charge is 0.299 e. The van der Waals surface area contributed by atoms with Gasteiger partial charge < -0.3 is 10.1 Å². The molecule has 0 aliphatic rings. The molecule has 2 aromatic carbocycles. The fourth-order valence-corrected chi connectivity index (χ4v) is 3.64. The van der Waals surface area contributed by atoms with Crippen molar-refractivity contribution in [2.24, 2.45) is 0 Å². The Morgan fingerprint density at radius 2 is 1.72 bits per heavy atom. The summed E-state index contributed by atoms with van der Waals surface area (Å²) in [5.74, 6) is 1.55. The van der Waals surface area contributed by atoms with Crippen molar-refractivity contribution in [3.05, 3.63) is 58.7 Å². The van der Waals surface area contributed by atoms with Crippen molar-refractivity contribution in [2.45, 2.75) is 46.5 Å². The minimum Gasteiger partial charge on any atom is -0.430 e. The lowest BCUT2D eigenvalue weighted by Gasteiger charge is -2.18. The van der Waals surface area contributed by atoms with Gasteiger partial charge in [-0.3, -0.25) is 0 Å². The van der Waals surface area contributed by atoms with Crippen LogP contribution in [0, 0.1) is 13.8 Å². The summed E-state index contributed by atoms with van der Waals surface area (Å²) >= 11 is 1.29. The first-order valence-electron chi connectivity index (χ1n) is 9.65. The van der Waals surface area contributed by atoms with Gasteiger partial charge >= 0.3 is 0 Å². The average Bonchev–Trinajstić information content (AvgIpc) is 3.11. The van der Waals surface area contributed by atoms with Crippen molar-refractivity contribution >= 4 is 23.9 Å². The molecule has 0 spiro atoms. The molecule has 0 aliphatic carbocycles. The first-order valence-corrected chi connectivity index (χ1v) is 10.4. The van der Waals surface area contributed by atoms with E-state index in [0.717, 1.165) is 29.8 Å². The molecule has 0 aliphatic heterocycles. The normalized spacial score (nSPS) is 11.2. The highest BCUT2D eigenvalue weighted by atomic mass is 35.5. The third kappa shape index (κ3) is 5.78. The maximum absolute atomic E-state index is 6.06. The lowest BCUT2D eigenvalue weighted by molar-refractivity contribution is 0.475. The molecule has 3 aromatic rings. The second-order valence-corrected chi connectivity index (χ2v) is 8.93. The molecule has 4 nitrogen and oxygen atoms in total. The van der Waals surface area contributed by atoms with Crippen LogP contribution >= 0.6 is 23.9 Å². The third-order valence-electron chi connectivity index (χ3n) is 4.89. The first-order chi connectivity index (χ1) is 13.3. The molecule has 1 N–H and O–H groups in total. The van der Waals surface area contributed by atoms with Crippen LogP contribution in [0.25, 0.3) is 11.4 Å². The van der Waals surface area contributed by atoms with Gasteiger partial charge in [0.15, 0.2) is 5.82 Å². The number of hydrogen-bond donors (Lipinski definition) is 1. The number of likely N-dealkylation sites (N-methyl/N-ethyl adjacent to an activating group) is 1. The molecule has 1 aromatic heterocycles. The van der Waals surface area contributed by atoms with Gasteiger partial charge in [0, 0.05) is 17.1 Å². The average molecular weight is 432 g/mol. The van der Waals surface area contributed by atoms with Crippen molar-refractivity contribution < 1.29 is 4.74 Å². The Labute approximate surface area is 184 Å². The highest BCUT2D eigenvalue weighted by Gasteiger charge is 2.15. The van der Waals surface area contributed by atoms with Gasteiger partial charge in [0.05, 0.1) is 0 Å². The van der Waals surface area contributed by atoms with Crippen LogP contribution in [0.2, 0.25) is 0 Å². The van der Waals surface area contributed by atoms with Crippen LogP contribution in [-0.4, -0.2) is 22.9 Å².